The number of aryl methyl sites for hydroxylation is 1. The number of nitrogens with zero attached hydrogens (tertiary/aromatic N) is 6. The van der Waals surface area contributed by atoms with Crippen LogP contribution in [0.2, 0.25) is 0 Å². The number of halogens is 6. The number of aromatic nitrogens is 6. The largest absolute Gasteiger partial charge is 0.480 e. The Morgan fingerprint density at radius 1 is 1.10 bits per heavy atom. The van der Waals surface area contributed by atoms with Gasteiger partial charge >= 0.3 is 12.1 Å². The van der Waals surface area contributed by atoms with E-state index in [2.05, 4.69) is 30.2 Å². The molecule has 0 aromatic carbocycles. The number of hydrogen-bond acceptors (Lipinski definition) is 8. The summed E-state index contributed by atoms with van der Waals surface area (Å²) < 4.78 is 85.4. The molecule has 5 rings (SSSR count). The molecule has 10 nitrogen and oxygen atoms in total. The summed E-state index contributed by atoms with van der Waals surface area (Å²) in [5.74, 6) is -6.38. The maximum atomic E-state index is 13.7. The van der Waals surface area contributed by atoms with Crippen molar-refractivity contribution >= 4 is 23.2 Å². The van der Waals surface area contributed by atoms with Gasteiger partial charge < -0.3 is 15.8 Å². The normalized spacial score (nSPS) is 17.4. The second-order valence-corrected chi connectivity index (χ2v) is 8.89. The number of rotatable bonds is 6. The van der Waals surface area contributed by atoms with Crippen molar-refractivity contribution in [3.8, 4) is 17.4 Å². The number of pyridine rings is 1. The summed E-state index contributed by atoms with van der Waals surface area (Å²) in [4.78, 5) is 33.8. The number of amides is 1. The van der Waals surface area contributed by atoms with Crippen LogP contribution in [0, 0.1) is 5.82 Å². The second kappa shape index (κ2) is 8.78. The highest BCUT2D eigenvalue weighted by atomic mass is 19.4. The van der Waals surface area contributed by atoms with Gasteiger partial charge in [0.1, 0.15) is 28.6 Å². The van der Waals surface area contributed by atoms with Crippen molar-refractivity contribution in [3.63, 3.8) is 0 Å². The third-order valence-electron chi connectivity index (χ3n) is 6.38. The van der Waals surface area contributed by atoms with Crippen molar-refractivity contribution in [3.05, 3.63) is 53.5 Å². The van der Waals surface area contributed by atoms with Crippen LogP contribution in [-0.4, -0.2) is 54.4 Å². The molecule has 5 heterocycles. The quantitative estimate of drug-likeness (QED) is 0.346. The Bertz CT molecular complexity index is 1610. The molecule has 39 heavy (non-hydrogen) atoms. The average molecular weight is 552 g/mol. The summed E-state index contributed by atoms with van der Waals surface area (Å²) in [5.41, 5.74) is 4.85. The van der Waals surface area contributed by atoms with E-state index in [1.54, 1.807) is 0 Å². The molecular weight excluding hydrogens is 534 g/mol. The topological polar surface area (TPSA) is 133 Å². The van der Waals surface area contributed by atoms with Gasteiger partial charge in [0.05, 0.1) is 36.5 Å². The fraction of sp³-hybridized carbons (Fsp3) is 0.304. The average Bonchev–Trinajstić information content (AvgIpc) is 3.40. The number of imidazole rings is 1. The van der Waals surface area contributed by atoms with Crippen LogP contribution in [0.25, 0.3) is 17.2 Å². The van der Waals surface area contributed by atoms with E-state index in [0.717, 1.165) is 12.3 Å². The van der Waals surface area contributed by atoms with Gasteiger partial charge in [-0.3, -0.25) is 14.2 Å². The van der Waals surface area contributed by atoms with Gasteiger partial charge in [-0.1, -0.05) is 0 Å². The van der Waals surface area contributed by atoms with Gasteiger partial charge in [-0.15, -0.1) is 0 Å². The number of anilines is 2. The van der Waals surface area contributed by atoms with Crippen LogP contribution in [0.15, 0.2) is 30.7 Å². The number of carbonyl (C=O) groups excluding carboxylic acids is 1. The molecule has 1 aliphatic rings. The molecule has 0 aliphatic carbocycles. The number of nitrogens with one attached hydrogen (secondary N) is 1. The van der Waals surface area contributed by atoms with Gasteiger partial charge in [0.15, 0.2) is 11.5 Å². The number of fused-ring (bicyclic) bond motifs is 2. The molecule has 0 saturated carbocycles. The summed E-state index contributed by atoms with van der Waals surface area (Å²) in [5, 5.41) is 2.58. The Morgan fingerprint density at radius 3 is 2.49 bits per heavy atom. The van der Waals surface area contributed by atoms with E-state index < -0.39 is 42.1 Å². The van der Waals surface area contributed by atoms with Crippen molar-refractivity contribution in [2.24, 2.45) is 0 Å². The molecule has 0 spiro atoms. The van der Waals surface area contributed by atoms with Crippen molar-refractivity contribution in [1.29, 1.82) is 0 Å². The predicted octanol–water partition coefficient (Wildman–Crippen LogP) is 3.70. The molecule has 4 aromatic heterocycles. The molecule has 1 aliphatic heterocycles. The Balaban J connectivity index is 1.60. The minimum absolute atomic E-state index is 0.00592. The Kier molecular flexibility index (Phi) is 5.88. The number of carbonyl (C=O) groups is 1. The Hall–Kier alpha value is -4.50. The molecule has 1 unspecified atom stereocenters. The van der Waals surface area contributed by atoms with E-state index in [-0.39, 0.29) is 51.6 Å². The summed E-state index contributed by atoms with van der Waals surface area (Å²) in [6, 6.07) is 2.45. The van der Waals surface area contributed by atoms with Crippen molar-refractivity contribution in [1.82, 2.24) is 29.3 Å². The van der Waals surface area contributed by atoms with Gasteiger partial charge in [-0.05, 0) is 25.5 Å². The molecule has 0 bridgehead atoms. The molecule has 1 atom stereocenters. The number of nitrogens with two attached hydrogens (primary N) is 1. The summed E-state index contributed by atoms with van der Waals surface area (Å²) >= 11 is 0. The van der Waals surface area contributed by atoms with Crippen LogP contribution in [0.4, 0.5) is 38.0 Å². The SMILES string of the molecule is COc1cn2cc(-c3nc(N)c4c(n3)NC(=O)C4(C)c3ccc(F)cn3)nc(CCC(F)(F)C(F)(F)F)c2n1. The minimum atomic E-state index is -5.74. The molecule has 16 heteroatoms. The first-order chi connectivity index (χ1) is 18.2. The second-order valence-electron chi connectivity index (χ2n) is 8.89. The lowest BCUT2D eigenvalue weighted by Gasteiger charge is -2.22. The van der Waals surface area contributed by atoms with Crippen LogP contribution < -0.4 is 15.8 Å². The van der Waals surface area contributed by atoms with E-state index in [4.69, 9.17) is 10.5 Å². The first kappa shape index (κ1) is 26.1. The number of alkyl halides is 5. The number of hydrogen-bond donors (Lipinski definition) is 2. The van der Waals surface area contributed by atoms with Gasteiger partial charge in [-0.2, -0.15) is 26.9 Å². The van der Waals surface area contributed by atoms with Crippen LogP contribution in [0.3, 0.4) is 0 Å². The Morgan fingerprint density at radius 2 is 1.85 bits per heavy atom. The molecular formula is C23H18F6N8O2. The molecule has 0 fully saturated rings. The standard InChI is InChI=1S/C23H18F6N8O2/c1-21(13-4-3-10(24)7-31-13)15-16(30)34-17(35-18(15)36-20(21)38)12-8-37-9-14(39-2)33-19(37)11(32-12)5-6-22(25,26)23(27,28)29/h3-4,7-9H,5-6H2,1-2H3,(H3,30,34,35,36,38). The van der Waals surface area contributed by atoms with Crippen molar-refractivity contribution < 1.29 is 35.9 Å². The van der Waals surface area contributed by atoms with E-state index in [1.807, 2.05) is 0 Å². The minimum Gasteiger partial charge on any atom is -0.480 e. The molecule has 204 valence electrons. The monoisotopic (exact) mass is 552 g/mol. The third kappa shape index (κ3) is 4.24. The fourth-order valence-electron chi connectivity index (χ4n) is 4.27. The van der Waals surface area contributed by atoms with Gasteiger partial charge in [0, 0.05) is 12.6 Å². The van der Waals surface area contributed by atoms with Crippen LogP contribution in [-0.2, 0) is 16.6 Å². The summed E-state index contributed by atoms with van der Waals surface area (Å²) in [6.45, 7) is 1.51. The highest BCUT2D eigenvalue weighted by Crippen LogP contribution is 2.44. The lowest BCUT2D eigenvalue weighted by atomic mass is 9.81. The number of ether oxygens (including phenoxy) is 1. The highest BCUT2D eigenvalue weighted by molar-refractivity contribution is 6.08. The van der Waals surface area contributed by atoms with E-state index in [0.29, 0.717) is 0 Å². The smallest absolute Gasteiger partial charge is 0.453 e. The highest BCUT2D eigenvalue weighted by Gasteiger charge is 2.56. The van der Waals surface area contributed by atoms with Crippen LogP contribution in [0.1, 0.15) is 30.3 Å². The van der Waals surface area contributed by atoms with Gasteiger partial charge in [0.25, 0.3) is 0 Å². The molecule has 0 radical (unpaired) electrons. The number of methoxy groups -OCH3 is 1. The third-order valence-corrected chi connectivity index (χ3v) is 6.38. The van der Waals surface area contributed by atoms with E-state index >= 15 is 0 Å². The predicted molar refractivity (Wildman–Crippen MR) is 124 cm³/mol. The lowest BCUT2D eigenvalue weighted by molar-refractivity contribution is -0.284. The fourth-order valence-corrected chi connectivity index (χ4v) is 4.27. The van der Waals surface area contributed by atoms with Crippen molar-refractivity contribution in [2.75, 3.05) is 18.2 Å². The van der Waals surface area contributed by atoms with E-state index in [1.165, 1.54) is 36.9 Å². The maximum absolute atomic E-state index is 13.7. The summed E-state index contributed by atoms with van der Waals surface area (Å²) in [7, 11) is 1.30. The van der Waals surface area contributed by atoms with Crippen molar-refractivity contribution in [2.45, 2.75) is 37.3 Å². The molecule has 4 aromatic rings. The van der Waals surface area contributed by atoms with Crippen LogP contribution in [0.5, 0.6) is 5.88 Å². The zero-order valence-electron chi connectivity index (χ0n) is 20.1. The number of nitrogen functional groups attached to an aromatic ring is 1. The van der Waals surface area contributed by atoms with E-state index in [9.17, 15) is 31.1 Å². The Labute approximate surface area is 215 Å². The van der Waals surface area contributed by atoms with Crippen LogP contribution >= 0.6 is 0 Å². The first-order valence-electron chi connectivity index (χ1n) is 11.2. The zero-order valence-corrected chi connectivity index (χ0v) is 20.1. The van der Waals surface area contributed by atoms with Gasteiger partial charge in [-0.25, -0.2) is 19.3 Å². The zero-order chi connectivity index (χ0) is 28.3. The molecule has 0 saturated heterocycles. The maximum Gasteiger partial charge on any atom is 0.453 e. The lowest BCUT2D eigenvalue weighted by Crippen LogP contribution is -2.36. The van der Waals surface area contributed by atoms with Gasteiger partial charge in [0.2, 0.25) is 11.8 Å². The molecule has 3 N–H and O–H groups in total. The summed E-state index contributed by atoms with van der Waals surface area (Å²) in [6.07, 6.45) is -4.45. The first-order valence-corrected chi connectivity index (χ1v) is 11.2. The molecule has 1 amide bonds.